The lowest BCUT2D eigenvalue weighted by atomic mass is 10.1. The number of hydrogen-bond donors (Lipinski definition) is 0. The standard InChI is InChI=1S/C15H22N4O2S/c1-2-13-16-5-7-19(13)12-4-3-6-17(8-12)14(20)9-18-11-22-10-15(18)21/h5,7,12H,2-4,6,8-11H2,1H3/t12-/m1/s1. The van der Waals surface area contributed by atoms with E-state index in [4.69, 9.17) is 0 Å². The molecule has 7 heteroatoms. The van der Waals surface area contributed by atoms with Crippen LogP contribution in [0.3, 0.4) is 0 Å². The van der Waals surface area contributed by atoms with E-state index in [0.29, 0.717) is 17.7 Å². The molecule has 2 aliphatic rings. The third-order valence-electron chi connectivity index (χ3n) is 4.36. The lowest BCUT2D eigenvalue weighted by Gasteiger charge is -2.34. The number of likely N-dealkylation sites (tertiary alicyclic amines) is 1. The van der Waals surface area contributed by atoms with Crippen molar-refractivity contribution < 1.29 is 9.59 Å². The van der Waals surface area contributed by atoms with Crippen molar-refractivity contribution in [3.05, 3.63) is 18.2 Å². The Hall–Kier alpha value is -1.50. The maximum absolute atomic E-state index is 12.5. The molecular weight excluding hydrogens is 300 g/mol. The number of thioether (sulfide) groups is 1. The van der Waals surface area contributed by atoms with Gasteiger partial charge in [0, 0.05) is 31.9 Å². The van der Waals surface area contributed by atoms with E-state index in [0.717, 1.165) is 38.2 Å². The Bertz CT molecular complexity index is 559. The summed E-state index contributed by atoms with van der Waals surface area (Å²) in [7, 11) is 0. The summed E-state index contributed by atoms with van der Waals surface area (Å²) in [5.74, 6) is 2.37. The highest BCUT2D eigenvalue weighted by molar-refractivity contribution is 8.00. The van der Waals surface area contributed by atoms with E-state index in [1.54, 1.807) is 16.7 Å². The van der Waals surface area contributed by atoms with Crippen molar-refractivity contribution in [2.24, 2.45) is 0 Å². The lowest BCUT2D eigenvalue weighted by Crippen LogP contribution is -2.46. The van der Waals surface area contributed by atoms with Gasteiger partial charge in [0.05, 0.1) is 17.7 Å². The van der Waals surface area contributed by atoms with Gasteiger partial charge in [0.2, 0.25) is 11.8 Å². The number of carbonyl (C=O) groups excluding carboxylic acids is 2. The summed E-state index contributed by atoms with van der Waals surface area (Å²) >= 11 is 1.58. The molecule has 120 valence electrons. The monoisotopic (exact) mass is 322 g/mol. The van der Waals surface area contributed by atoms with Crippen LogP contribution in [0.5, 0.6) is 0 Å². The Balaban J connectivity index is 1.62. The van der Waals surface area contributed by atoms with Crippen LogP contribution in [0.1, 0.15) is 31.6 Å². The summed E-state index contributed by atoms with van der Waals surface area (Å²) in [6, 6.07) is 0.304. The van der Waals surface area contributed by atoms with Gasteiger partial charge in [-0.2, -0.15) is 0 Å². The van der Waals surface area contributed by atoms with Crippen LogP contribution in [0.15, 0.2) is 12.4 Å². The molecular formula is C15H22N4O2S. The quantitative estimate of drug-likeness (QED) is 0.834. The van der Waals surface area contributed by atoms with Crippen molar-refractivity contribution in [2.45, 2.75) is 32.2 Å². The second-order valence-corrected chi connectivity index (χ2v) is 6.76. The molecule has 1 atom stereocenters. The van der Waals surface area contributed by atoms with Gasteiger partial charge in [-0.3, -0.25) is 9.59 Å². The predicted octanol–water partition coefficient (Wildman–Crippen LogP) is 1.14. The summed E-state index contributed by atoms with van der Waals surface area (Å²) in [6.45, 7) is 3.84. The highest BCUT2D eigenvalue weighted by Gasteiger charge is 2.29. The zero-order chi connectivity index (χ0) is 15.5. The van der Waals surface area contributed by atoms with Gasteiger partial charge >= 0.3 is 0 Å². The van der Waals surface area contributed by atoms with Crippen LogP contribution in [0.2, 0.25) is 0 Å². The number of piperidine rings is 1. The Morgan fingerprint density at radius 3 is 3.09 bits per heavy atom. The van der Waals surface area contributed by atoms with Gasteiger partial charge in [-0.25, -0.2) is 4.98 Å². The van der Waals surface area contributed by atoms with Crippen molar-refractivity contribution in [3.63, 3.8) is 0 Å². The molecule has 2 saturated heterocycles. The average Bonchev–Trinajstić information content (AvgIpc) is 3.16. The molecule has 0 N–H and O–H groups in total. The van der Waals surface area contributed by atoms with Crippen LogP contribution in [0.25, 0.3) is 0 Å². The second kappa shape index (κ2) is 6.73. The maximum atomic E-state index is 12.5. The molecule has 3 heterocycles. The van der Waals surface area contributed by atoms with Gasteiger partial charge in [-0.1, -0.05) is 6.92 Å². The van der Waals surface area contributed by atoms with Crippen LogP contribution in [0, 0.1) is 0 Å². The van der Waals surface area contributed by atoms with Crippen LogP contribution >= 0.6 is 11.8 Å². The summed E-state index contributed by atoms with van der Waals surface area (Å²) in [5.41, 5.74) is 0. The van der Waals surface area contributed by atoms with Gasteiger partial charge in [0.25, 0.3) is 0 Å². The molecule has 0 bridgehead atoms. The molecule has 0 unspecified atom stereocenters. The minimum absolute atomic E-state index is 0.0683. The number of nitrogens with zero attached hydrogens (tertiary/aromatic N) is 4. The number of imidazole rings is 1. The molecule has 2 fully saturated rings. The fraction of sp³-hybridized carbons (Fsp3) is 0.667. The third-order valence-corrected chi connectivity index (χ3v) is 5.30. The summed E-state index contributed by atoms with van der Waals surface area (Å²) in [5, 5.41) is 0. The molecule has 1 aromatic rings. The first-order valence-corrected chi connectivity index (χ1v) is 8.99. The topological polar surface area (TPSA) is 58.4 Å². The van der Waals surface area contributed by atoms with Crippen LogP contribution in [-0.4, -0.2) is 62.4 Å². The van der Waals surface area contributed by atoms with Gasteiger partial charge < -0.3 is 14.4 Å². The molecule has 0 spiro atoms. The predicted molar refractivity (Wildman–Crippen MR) is 85.5 cm³/mol. The molecule has 0 saturated carbocycles. The fourth-order valence-electron chi connectivity index (χ4n) is 3.16. The Labute approximate surface area is 134 Å². The summed E-state index contributed by atoms with van der Waals surface area (Å²) < 4.78 is 2.20. The molecule has 2 aliphatic heterocycles. The number of aryl methyl sites for hydroxylation is 1. The first kappa shape index (κ1) is 15.4. The number of aromatic nitrogens is 2. The Kier molecular flexibility index (Phi) is 4.71. The van der Waals surface area contributed by atoms with Crippen molar-refractivity contribution in [1.29, 1.82) is 0 Å². The first-order chi connectivity index (χ1) is 10.7. The van der Waals surface area contributed by atoms with E-state index in [9.17, 15) is 9.59 Å². The summed E-state index contributed by atoms with van der Waals surface area (Å²) in [4.78, 5) is 32.1. The maximum Gasteiger partial charge on any atom is 0.242 e. The van der Waals surface area contributed by atoms with Gasteiger partial charge in [-0.05, 0) is 12.8 Å². The molecule has 0 aliphatic carbocycles. The van der Waals surface area contributed by atoms with E-state index < -0.39 is 0 Å². The third kappa shape index (κ3) is 3.14. The van der Waals surface area contributed by atoms with Crippen molar-refractivity contribution >= 4 is 23.6 Å². The van der Waals surface area contributed by atoms with E-state index in [2.05, 4.69) is 16.5 Å². The SMILES string of the molecule is CCc1nccn1[C@@H]1CCCN(C(=O)CN2CSCC2=O)C1. The van der Waals surface area contributed by atoms with Crippen molar-refractivity contribution in [1.82, 2.24) is 19.4 Å². The van der Waals surface area contributed by atoms with Crippen molar-refractivity contribution in [2.75, 3.05) is 31.3 Å². The highest BCUT2D eigenvalue weighted by atomic mass is 32.2. The molecule has 0 aromatic carbocycles. The summed E-state index contributed by atoms with van der Waals surface area (Å²) in [6.07, 6.45) is 6.82. The number of rotatable bonds is 4. The van der Waals surface area contributed by atoms with E-state index in [1.807, 2.05) is 17.3 Å². The van der Waals surface area contributed by atoms with Gasteiger partial charge in [-0.15, -0.1) is 11.8 Å². The molecule has 1 aromatic heterocycles. The van der Waals surface area contributed by atoms with Crippen LogP contribution in [0.4, 0.5) is 0 Å². The van der Waals surface area contributed by atoms with Crippen molar-refractivity contribution in [3.8, 4) is 0 Å². The number of amides is 2. The van der Waals surface area contributed by atoms with E-state index >= 15 is 0 Å². The van der Waals surface area contributed by atoms with Crippen LogP contribution in [-0.2, 0) is 16.0 Å². The zero-order valence-electron chi connectivity index (χ0n) is 12.9. The average molecular weight is 322 g/mol. The fourth-order valence-corrected chi connectivity index (χ4v) is 4.07. The lowest BCUT2D eigenvalue weighted by molar-refractivity contribution is -0.139. The molecule has 2 amide bonds. The Morgan fingerprint density at radius 2 is 2.36 bits per heavy atom. The van der Waals surface area contributed by atoms with E-state index in [-0.39, 0.29) is 18.4 Å². The molecule has 0 radical (unpaired) electrons. The minimum atomic E-state index is 0.0683. The number of hydrogen-bond acceptors (Lipinski definition) is 4. The van der Waals surface area contributed by atoms with Crippen LogP contribution < -0.4 is 0 Å². The smallest absolute Gasteiger partial charge is 0.242 e. The molecule has 22 heavy (non-hydrogen) atoms. The normalized spacial score (nSPS) is 22.4. The molecule has 6 nitrogen and oxygen atoms in total. The van der Waals surface area contributed by atoms with Gasteiger partial charge in [0.1, 0.15) is 12.4 Å². The molecule has 3 rings (SSSR count). The first-order valence-electron chi connectivity index (χ1n) is 7.84. The van der Waals surface area contributed by atoms with E-state index in [1.165, 1.54) is 0 Å². The highest BCUT2D eigenvalue weighted by Crippen LogP contribution is 2.23. The zero-order valence-corrected chi connectivity index (χ0v) is 13.7. The second-order valence-electron chi connectivity index (χ2n) is 5.81. The largest absolute Gasteiger partial charge is 0.339 e. The Morgan fingerprint density at radius 1 is 1.50 bits per heavy atom. The van der Waals surface area contributed by atoms with Gasteiger partial charge in [0.15, 0.2) is 0 Å². The number of carbonyl (C=O) groups is 2. The minimum Gasteiger partial charge on any atom is -0.339 e.